The van der Waals surface area contributed by atoms with Gasteiger partial charge in [0.05, 0.1) is 11.8 Å². The van der Waals surface area contributed by atoms with Crippen LogP contribution in [0.15, 0.2) is 34.6 Å². The summed E-state index contributed by atoms with van der Waals surface area (Å²) in [5.41, 5.74) is 3.57. The minimum atomic E-state index is 0.314. The molecule has 1 unspecified atom stereocenters. The largest absolute Gasteiger partial charge is 0.376 e. The first kappa shape index (κ1) is 17.9. The molecule has 2 heterocycles. The summed E-state index contributed by atoms with van der Waals surface area (Å²) >= 11 is 1.70. The quantitative estimate of drug-likeness (QED) is 0.616. The molecule has 25 heavy (non-hydrogen) atoms. The summed E-state index contributed by atoms with van der Waals surface area (Å²) in [6, 6.07) is 8.52. The molecule has 1 aliphatic heterocycles. The number of aliphatic imine (C=N–C) groups is 1. The maximum absolute atomic E-state index is 5.62. The first-order valence-corrected chi connectivity index (χ1v) is 9.70. The van der Waals surface area contributed by atoms with Crippen LogP contribution >= 0.6 is 11.3 Å². The van der Waals surface area contributed by atoms with Crippen LogP contribution in [0, 0.1) is 6.92 Å². The lowest BCUT2D eigenvalue weighted by Gasteiger charge is -2.14. The van der Waals surface area contributed by atoms with Crippen LogP contribution in [0.3, 0.4) is 0 Å². The van der Waals surface area contributed by atoms with Gasteiger partial charge in [-0.25, -0.2) is 4.98 Å². The number of hydrogen-bond acceptors (Lipinski definition) is 4. The first-order chi connectivity index (χ1) is 12.2. The number of aromatic nitrogens is 1. The zero-order valence-electron chi connectivity index (χ0n) is 14.9. The highest BCUT2D eigenvalue weighted by Gasteiger charge is 2.15. The maximum atomic E-state index is 5.62. The Labute approximate surface area is 153 Å². The van der Waals surface area contributed by atoms with E-state index in [1.165, 1.54) is 11.1 Å². The lowest BCUT2D eigenvalue weighted by atomic mass is 10.2. The fourth-order valence-electron chi connectivity index (χ4n) is 2.80. The number of guanidine groups is 1. The molecule has 134 valence electrons. The fraction of sp³-hybridized carbons (Fsp3) is 0.474. The van der Waals surface area contributed by atoms with Gasteiger partial charge in [-0.3, -0.25) is 4.99 Å². The van der Waals surface area contributed by atoms with Gasteiger partial charge in [0.1, 0.15) is 5.01 Å². The fourth-order valence-corrected chi connectivity index (χ4v) is 3.66. The number of rotatable bonds is 6. The van der Waals surface area contributed by atoms with Gasteiger partial charge in [-0.1, -0.05) is 29.8 Å². The molecule has 5 nitrogen and oxygen atoms in total. The van der Waals surface area contributed by atoms with Crippen molar-refractivity contribution in [1.82, 2.24) is 15.6 Å². The third kappa shape index (κ3) is 5.28. The van der Waals surface area contributed by atoms with Gasteiger partial charge in [-0.05, 0) is 19.8 Å². The molecule has 0 radical (unpaired) electrons. The average Bonchev–Trinajstić information content (AvgIpc) is 3.30. The summed E-state index contributed by atoms with van der Waals surface area (Å²) in [6.07, 6.45) is 3.48. The van der Waals surface area contributed by atoms with Crippen molar-refractivity contribution in [2.45, 2.75) is 32.3 Å². The van der Waals surface area contributed by atoms with E-state index in [4.69, 9.17) is 9.72 Å². The van der Waals surface area contributed by atoms with Crippen molar-refractivity contribution in [3.63, 3.8) is 0 Å². The molecule has 0 amide bonds. The van der Waals surface area contributed by atoms with Crippen molar-refractivity contribution in [1.29, 1.82) is 0 Å². The lowest BCUT2D eigenvalue weighted by Crippen LogP contribution is -2.41. The maximum Gasteiger partial charge on any atom is 0.191 e. The minimum absolute atomic E-state index is 0.314. The number of thiazole rings is 1. The molecule has 1 atom stereocenters. The standard InChI is InChI=1S/C19H26N4OS/c1-14-5-7-15(8-6-14)18-23-16(13-25-18)9-10-21-19(20-2)22-12-17-4-3-11-24-17/h5-8,13,17H,3-4,9-12H2,1-2H3,(H2,20,21,22). The number of ether oxygens (including phenoxy) is 1. The summed E-state index contributed by atoms with van der Waals surface area (Å²) in [6.45, 7) is 4.60. The molecule has 1 aromatic carbocycles. The molecular weight excluding hydrogens is 332 g/mol. The molecule has 2 N–H and O–H groups in total. The van der Waals surface area contributed by atoms with Crippen LogP contribution in [-0.2, 0) is 11.2 Å². The van der Waals surface area contributed by atoms with Crippen molar-refractivity contribution < 1.29 is 4.74 Å². The second-order valence-corrected chi connectivity index (χ2v) is 7.13. The third-order valence-electron chi connectivity index (χ3n) is 4.27. The highest BCUT2D eigenvalue weighted by Crippen LogP contribution is 2.24. The van der Waals surface area contributed by atoms with E-state index in [1.807, 2.05) is 0 Å². The SMILES string of the molecule is CN=C(NCCc1csc(-c2ccc(C)cc2)n1)NCC1CCCO1. The van der Waals surface area contributed by atoms with E-state index in [-0.39, 0.29) is 0 Å². The van der Waals surface area contributed by atoms with Crippen LogP contribution < -0.4 is 10.6 Å². The Morgan fingerprint density at radius 2 is 2.16 bits per heavy atom. The summed E-state index contributed by atoms with van der Waals surface area (Å²) in [4.78, 5) is 9.00. The Morgan fingerprint density at radius 3 is 2.88 bits per heavy atom. The van der Waals surface area contributed by atoms with Crippen LogP contribution in [0.1, 0.15) is 24.1 Å². The predicted octanol–water partition coefficient (Wildman–Crippen LogP) is 3.01. The second-order valence-electron chi connectivity index (χ2n) is 6.27. The molecule has 0 bridgehead atoms. The molecule has 0 spiro atoms. The Kier molecular flexibility index (Phi) is 6.42. The molecule has 0 aliphatic carbocycles. The van der Waals surface area contributed by atoms with E-state index >= 15 is 0 Å². The summed E-state index contributed by atoms with van der Waals surface area (Å²) < 4.78 is 5.62. The van der Waals surface area contributed by atoms with E-state index < -0.39 is 0 Å². The van der Waals surface area contributed by atoms with Gasteiger partial charge in [0.2, 0.25) is 0 Å². The van der Waals surface area contributed by atoms with Gasteiger partial charge in [-0.15, -0.1) is 11.3 Å². The Hall–Kier alpha value is -1.92. The number of aryl methyl sites for hydroxylation is 1. The molecule has 3 rings (SSSR count). The van der Waals surface area contributed by atoms with E-state index in [0.717, 1.165) is 55.6 Å². The molecular formula is C19H26N4OS. The van der Waals surface area contributed by atoms with Crippen LogP contribution in [0.5, 0.6) is 0 Å². The normalized spacial score (nSPS) is 17.7. The van der Waals surface area contributed by atoms with Crippen LogP contribution in [0.25, 0.3) is 10.6 Å². The van der Waals surface area contributed by atoms with Crippen molar-refractivity contribution in [2.75, 3.05) is 26.7 Å². The highest BCUT2D eigenvalue weighted by molar-refractivity contribution is 7.13. The van der Waals surface area contributed by atoms with Crippen molar-refractivity contribution in [2.24, 2.45) is 4.99 Å². The van der Waals surface area contributed by atoms with Gasteiger partial charge in [0.25, 0.3) is 0 Å². The molecule has 1 saturated heterocycles. The Morgan fingerprint density at radius 1 is 1.32 bits per heavy atom. The van der Waals surface area contributed by atoms with Crippen molar-refractivity contribution in [3.8, 4) is 10.6 Å². The number of nitrogens with one attached hydrogen (secondary N) is 2. The minimum Gasteiger partial charge on any atom is -0.376 e. The van der Waals surface area contributed by atoms with Crippen molar-refractivity contribution in [3.05, 3.63) is 40.9 Å². The van der Waals surface area contributed by atoms with Crippen LogP contribution in [-0.4, -0.2) is 43.8 Å². The number of hydrogen-bond donors (Lipinski definition) is 2. The Bertz CT molecular complexity index is 690. The van der Waals surface area contributed by atoms with Gasteiger partial charge in [0, 0.05) is 44.1 Å². The summed E-state index contributed by atoms with van der Waals surface area (Å²) in [5, 5.41) is 9.89. The smallest absolute Gasteiger partial charge is 0.191 e. The van der Waals surface area contributed by atoms with E-state index in [9.17, 15) is 0 Å². The van der Waals surface area contributed by atoms with E-state index in [0.29, 0.717) is 6.10 Å². The second kappa shape index (κ2) is 8.97. The number of nitrogens with zero attached hydrogens (tertiary/aromatic N) is 2. The first-order valence-electron chi connectivity index (χ1n) is 8.82. The summed E-state index contributed by atoms with van der Waals surface area (Å²) in [5.74, 6) is 0.824. The van der Waals surface area contributed by atoms with Gasteiger partial charge in [0.15, 0.2) is 5.96 Å². The highest BCUT2D eigenvalue weighted by atomic mass is 32.1. The molecule has 1 aliphatic rings. The summed E-state index contributed by atoms with van der Waals surface area (Å²) in [7, 11) is 1.79. The van der Waals surface area contributed by atoms with Crippen LogP contribution in [0.2, 0.25) is 0 Å². The third-order valence-corrected chi connectivity index (χ3v) is 5.21. The van der Waals surface area contributed by atoms with Gasteiger partial charge in [-0.2, -0.15) is 0 Å². The molecule has 6 heteroatoms. The van der Waals surface area contributed by atoms with E-state index in [1.54, 1.807) is 18.4 Å². The van der Waals surface area contributed by atoms with Gasteiger partial charge < -0.3 is 15.4 Å². The monoisotopic (exact) mass is 358 g/mol. The molecule has 1 aromatic heterocycles. The average molecular weight is 359 g/mol. The Balaban J connectivity index is 1.44. The molecule has 0 saturated carbocycles. The predicted molar refractivity (Wildman–Crippen MR) is 104 cm³/mol. The zero-order valence-corrected chi connectivity index (χ0v) is 15.7. The lowest BCUT2D eigenvalue weighted by molar-refractivity contribution is 0.114. The van der Waals surface area contributed by atoms with E-state index in [2.05, 4.69) is 52.2 Å². The molecule has 2 aromatic rings. The topological polar surface area (TPSA) is 58.5 Å². The van der Waals surface area contributed by atoms with Crippen molar-refractivity contribution >= 4 is 17.3 Å². The molecule has 1 fully saturated rings. The zero-order chi connectivity index (χ0) is 17.5. The van der Waals surface area contributed by atoms with Gasteiger partial charge >= 0.3 is 0 Å². The van der Waals surface area contributed by atoms with Crippen LogP contribution in [0.4, 0.5) is 0 Å². The number of benzene rings is 1.